The summed E-state index contributed by atoms with van der Waals surface area (Å²) in [4.78, 5) is 6.34. The van der Waals surface area contributed by atoms with Crippen LogP contribution in [0.4, 0.5) is 5.69 Å². The van der Waals surface area contributed by atoms with Gasteiger partial charge in [-0.15, -0.1) is 0 Å². The SMILES string of the molecule is Oc1ccc(Cl)cc1N1C(=S)N[C@@H](c2ccccn2)[C@H]1c1ccc(-c2ccc(Cl)cc2)o1. The number of furan rings is 1. The highest BCUT2D eigenvalue weighted by atomic mass is 35.5. The molecule has 1 saturated heterocycles. The minimum absolute atomic E-state index is 0.0645. The van der Waals surface area contributed by atoms with Crippen molar-refractivity contribution in [2.75, 3.05) is 4.90 Å². The van der Waals surface area contributed by atoms with E-state index in [1.54, 1.807) is 24.4 Å². The third-order valence-electron chi connectivity index (χ3n) is 5.34. The molecule has 8 heteroatoms. The number of phenolic OH excluding ortho intramolecular Hbond substituents is 1. The van der Waals surface area contributed by atoms with Crippen molar-refractivity contribution in [1.29, 1.82) is 0 Å². The third kappa shape index (κ3) is 3.81. The summed E-state index contributed by atoms with van der Waals surface area (Å²) in [5.41, 5.74) is 2.19. The van der Waals surface area contributed by atoms with Crippen molar-refractivity contribution >= 4 is 46.2 Å². The average Bonchev–Trinajstić information content (AvgIpc) is 3.41. The van der Waals surface area contributed by atoms with Crippen molar-refractivity contribution < 1.29 is 9.52 Å². The molecule has 2 atom stereocenters. The molecule has 0 amide bonds. The number of rotatable bonds is 4. The Morgan fingerprint density at radius 2 is 1.75 bits per heavy atom. The molecule has 2 aromatic carbocycles. The van der Waals surface area contributed by atoms with Crippen LogP contribution in [0, 0.1) is 0 Å². The van der Waals surface area contributed by atoms with Crippen LogP contribution in [0.5, 0.6) is 5.75 Å². The van der Waals surface area contributed by atoms with Gasteiger partial charge < -0.3 is 19.7 Å². The van der Waals surface area contributed by atoms with Crippen LogP contribution in [0.15, 0.2) is 83.4 Å². The van der Waals surface area contributed by atoms with E-state index in [4.69, 9.17) is 39.8 Å². The van der Waals surface area contributed by atoms with Crippen LogP contribution in [0.3, 0.4) is 0 Å². The highest BCUT2D eigenvalue weighted by Gasteiger charge is 2.43. The van der Waals surface area contributed by atoms with E-state index in [0.29, 0.717) is 32.4 Å². The van der Waals surface area contributed by atoms with E-state index in [2.05, 4.69) is 10.3 Å². The highest BCUT2D eigenvalue weighted by molar-refractivity contribution is 7.80. The lowest BCUT2D eigenvalue weighted by Crippen LogP contribution is -2.29. The van der Waals surface area contributed by atoms with Gasteiger partial charge in [-0.3, -0.25) is 4.98 Å². The number of hydrogen-bond donors (Lipinski definition) is 2. The molecule has 2 aromatic heterocycles. The van der Waals surface area contributed by atoms with Gasteiger partial charge in [0.25, 0.3) is 0 Å². The molecule has 4 aromatic rings. The van der Waals surface area contributed by atoms with Crippen LogP contribution < -0.4 is 10.2 Å². The second kappa shape index (κ2) is 8.47. The summed E-state index contributed by atoms with van der Waals surface area (Å²) < 4.78 is 6.29. The first-order chi connectivity index (χ1) is 15.5. The van der Waals surface area contributed by atoms with Crippen LogP contribution in [0.1, 0.15) is 23.5 Å². The molecule has 0 spiro atoms. The monoisotopic (exact) mass is 481 g/mol. The fourth-order valence-electron chi connectivity index (χ4n) is 3.87. The predicted octanol–water partition coefficient (Wildman–Crippen LogP) is 6.53. The van der Waals surface area contributed by atoms with Crippen LogP contribution in [0.25, 0.3) is 11.3 Å². The Bertz CT molecular complexity index is 1280. The molecule has 0 aliphatic carbocycles. The zero-order valence-corrected chi connectivity index (χ0v) is 18.9. The van der Waals surface area contributed by atoms with E-state index < -0.39 is 6.04 Å². The summed E-state index contributed by atoms with van der Waals surface area (Å²) in [5.74, 6) is 1.43. The Hall–Kier alpha value is -3.06. The molecule has 5 nitrogen and oxygen atoms in total. The number of thiocarbonyl (C=S) groups is 1. The van der Waals surface area contributed by atoms with E-state index in [1.807, 2.05) is 59.5 Å². The van der Waals surface area contributed by atoms with Crippen molar-refractivity contribution in [1.82, 2.24) is 10.3 Å². The van der Waals surface area contributed by atoms with Gasteiger partial charge in [0.15, 0.2) is 5.11 Å². The van der Waals surface area contributed by atoms with Gasteiger partial charge in [0.2, 0.25) is 0 Å². The van der Waals surface area contributed by atoms with Gasteiger partial charge in [0, 0.05) is 21.8 Å². The molecule has 0 unspecified atom stereocenters. The number of nitrogens with zero attached hydrogens (tertiary/aromatic N) is 2. The number of anilines is 1. The second-order valence-electron chi connectivity index (χ2n) is 7.34. The number of phenols is 1. The fraction of sp³-hybridized carbons (Fsp3) is 0.0833. The fourth-order valence-corrected chi connectivity index (χ4v) is 4.51. The van der Waals surface area contributed by atoms with Gasteiger partial charge in [0.1, 0.15) is 23.3 Å². The molecule has 3 heterocycles. The summed E-state index contributed by atoms with van der Waals surface area (Å²) >= 11 is 17.9. The molecule has 1 fully saturated rings. The Morgan fingerprint density at radius 3 is 2.50 bits per heavy atom. The summed E-state index contributed by atoms with van der Waals surface area (Å²) in [6.07, 6.45) is 1.73. The second-order valence-corrected chi connectivity index (χ2v) is 8.60. The number of benzene rings is 2. The molecule has 160 valence electrons. The first-order valence-corrected chi connectivity index (χ1v) is 11.0. The number of halogens is 2. The van der Waals surface area contributed by atoms with Crippen LogP contribution in [0.2, 0.25) is 10.0 Å². The predicted molar refractivity (Wildman–Crippen MR) is 130 cm³/mol. The quantitative estimate of drug-likeness (QED) is 0.323. The minimum atomic E-state index is -0.400. The van der Waals surface area contributed by atoms with Gasteiger partial charge in [0.05, 0.1) is 17.4 Å². The number of nitrogens with one attached hydrogen (secondary N) is 1. The lowest BCUT2D eigenvalue weighted by Gasteiger charge is -2.26. The zero-order valence-electron chi connectivity index (χ0n) is 16.6. The van der Waals surface area contributed by atoms with Crippen LogP contribution in [-0.4, -0.2) is 15.2 Å². The zero-order chi connectivity index (χ0) is 22.2. The van der Waals surface area contributed by atoms with Crippen LogP contribution in [-0.2, 0) is 0 Å². The van der Waals surface area contributed by atoms with Gasteiger partial charge in [-0.05, 0) is 78.9 Å². The van der Waals surface area contributed by atoms with E-state index in [-0.39, 0.29) is 11.8 Å². The molecule has 1 aliphatic rings. The van der Waals surface area contributed by atoms with Gasteiger partial charge in [-0.25, -0.2) is 0 Å². The Morgan fingerprint density at radius 1 is 0.969 bits per heavy atom. The van der Waals surface area contributed by atoms with Gasteiger partial charge in [-0.2, -0.15) is 0 Å². The van der Waals surface area contributed by atoms with Crippen LogP contribution >= 0.6 is 35.4 Å². The molecule has 2 N–H and O–H groups in total. The first kappa shape index (κ1) is 20.8. The average molecular weight is 482 g/mol. The topological polar surface area (TPSA) is 61.5 Å². The maximum Gasteiger partial charge on any atom is 0.174 e. The molecule has 5 rings (SSSR count). The number of hydrogen-bond acceptors (Lipinski definition) is 4. The molecular formula is C24H17Cl2N3O2S. The molecule has 0 radical (unpaired) electrons. The van der Waals surface area contributed by atoms with E-state index in [0.717, 1.165) is 11.3 Å². The summed E-state index contributed by atoms with van der Waals surface area (Å²) in [7, 11) is 0. The Balaban J connectivity index is 1.62. The van der Waals surface area contributed by atoms with E-state index >= 15 is 0 Å². The van der Waals surface area contributed by atoms with Crippen molar-refractivity contribution in [3.05, 3.63) is 100 Å². The minimum Gasteiger partial charge on any atom is -0.506 e. The standard InChI is InChI=1S/C24H17Cl2N3O2S/c25-15-6-4-14(5-7-15)20-10-11-21(31-20)23-22(17-3-1-2-12-27-17)28-24(32)29(23)18-13-16(26)8-9-19(18)30/h1-13,22-23,30H,(H,28,32)/t22-,23+/m0/s1. The third-order valence-corrected chi connectivity index (χ3v) is 6.14. The maximum absolute atomic E-state index is 10.6. The van der Waals surface area contributed by atoms with Gasteiger partial charge >= 0.3 is 0 Å². The molecule has 32 heavy (non-hydrogen) atoms. The number of pyridine rings is 1. The van der Waals surface area contributed by atoms with Crippen molar-refractivity contribution in [2.45, 2.75) is 12.1 Å². The van der Waals surface area contributed by atoms with Crippen molar-refractivity contribution in [3.8, 4) is 17.1 Å². The molecule has 0 saturated carbocycles. The van der Waals surface area contributed by atoms with Gasteiger partial charge in [-0.1, -0.05) is 29.3 Å². The lowest BCUT2D eigenvalue weighted by molar-refractivity contribution is 0.434. The van der Waals surface area contributed by atoms with E-state index in [9.17, 15) is 5.11 Å². The normalized spacial score (nSPS) is 18.1. The maximum atomic E-state index is 10.6. The Kier molecular flexibility index (Phi) is 5.51. The van der Waals surface area contributed by atoms with Crippen molar-refractivity contribution in [2.24, 2.45) is 0 Å². The summed E-state index contributed by atoms with van der Waals surface area (Å²) in [6.45, 7) is 0. The number of aromatic hydroxyl groups is 1. The summed E-state index contributed by atoms with van der Waals surface area (Å²) in [5, 5.41) is 15.5. The van der Waals surface area contributed by atoms with Crippen molar-refractivity contribution in [3.63, 3.8) is 0 Å². The molecule has 0 bridgehead atoms. The molecular weight excluding hydrogens is 465 g/mol. The highest BCUT2D eigenvalue weighted by Crippen LogP contribution is 2.45. The molecule has 1 aliphatic heterocycles. The lowest BCUT2D eigenvalue weighted by atomic mass is 10.0. The number of aromatic nitrogens is 1. The Labute approximate surface area is 200 Å². The van der Waals surface area contributed by atoms with E-state index in [1.165, 1.54) is 0 Å². The smallest absolute Gasteiger partial charge is 0.174 e. The largest absolute Gasteiger partial charge is 0.506 e. The first-order valence-electron chi connectivity index (χ1n) is 9.86. The summed E-state index contributed by atoms with van der Waals surface area (Å²) in [6, 6.07) is 21.1.